The second-order valence-corrected chi connectivity index (χ2v) is 4.94. The highest BCUT2D eigenvalue weighted by atomic mass is 15.1. The highest BCUT2D eigenvalue weighted by Crippen LogP contribution is 2.44. The van der Waals surface area contributed by atoms with Crippen molar-refractivity contribution in [2.24, 2.45) is 5.41 Å². The summed E-state index contributed by atoms with van der Waals surface area (Å²) >= 11 is 0. The summed E-state index contributed by atoms with van der Waals surface area (Å²) in [4.78, 5) is 2.51. The lowest BCUT2D eigenvalue weighted by Crippen LogP contribution is -2.54. The number of hydrogen-bond acceptors (Lipinski definition) is 2. The Bertz CT molecular complexity index is 173. The maximum Gasteiger partial charge on any atom is 0.0145 e. The minimum atomic E-state index is 0.627. The Balaban J connectivity index is 2.10. The molecule has 1 saturated heterocycles. The van der Waals surface area contributed by atoms with E-state index in [1.54, 1.807) is 0 Å². The van der Waals surface area contributed by atoms with Crippen LogP contribution >= 0.6 is 0 Å². The molecule has 0 aromatic carbocycles. The van der Waals surface area contributed by atoms with Gasteiger partial charge in [0.05, 0.1) is 0 Å². The molecule has 1 unspecified atom stereocenters. The van der Waals surface area contributed by atoms with E-state index in [4.69, 9.17) is 0 Å². The van der Waals surface area contributed by atoms with E-state index in [1.807, 2.05) is 0 Å². The van der Waals surface area contributed by atoms with Crippen LogP contribution in [-0.4, -0.2) is 38.1 Å². The van der Waals surface area contributed by atoms with Crippen molar-refractivity contribution in [2.75, 3.05) is 27.2 Å². The Hall–Kier alpha value is -0.0800. The molecular formula is C11H22N2. The summed E-state index contributed by atoms with van der Waals surface area (Å²) in [5, 5.41) is 3.53. The fourth-order valence-electron chi connectivity index (χ4n) is 3.42. The monoisotopic (exact) mass is 182 g/mol. The van der Waals surface area contributed by atoms with Gasteiger partial charge in [0.1, 0.15) is 0 Å². The van der Waals surface area contributed by atoms with Gasteiger partial charge in [0.2, 0.25) is 0 Å². The first-order valence-corrected chi connectivity index (χ1v) is 5.63. The summed E-state index contributed by atoms with van der Waals surface area (Å²) in [5.41, 5.74) is 0.627. The van der Waals surface area contributed by atoms with Crippen molar-refractivity contribution in [1.29, 1.82) is 0 Å². The average molecular weight is 182 g/mol. The fourth-order valence-corrected chi connectivity index (χ4v) is 3.42. The van der Waals surface area contributed by atoms with E-state index in [0.29, 0.717) is 5.41 Å². The summed E-state index contributed by atoms with van der Waals surface area (Å²) in [7, 11) is 4.40. The molecule has 1 atom stereocenters. The van der Waals surface area contributed by atoms with Gasteiger partial charge in [-0.3, -0.25) is 0 Å². The zero-order valence-electron chi connectivity index (χ0n) is 8.97. The Morgan fingerprint density at radius 1 is 1.31 bits per heavy atom. The van der Waals surface area contributed by atoms with Gasteiger partial charge in [-0.15, -0.1) is 0 Å². The van der Waals surface area contributed by atoms with Crippen LogP contribution in [0.5, 0.6) is 0 Å². The molecule has 1 saturated carbocycles. The molecular weight excluding hydrogens is 160 g/mol. The molecule has 1 aliphatic carbocycles. The smallest absolute Gasteiger partial charge is 0.0145 e. The Labute approximate surface area is 81.7 Å². The zero-order chi connectivity index (χ0) is 9.31. The van der Waals surface area contributed by atoms with Gasteiger partial charge in [0.25, 0.3) is 0 Å². The summed E-state index contributed by atoms with van der Waals surface area (Å²) in [6.07, 6.45) is 7.14. The first-order chi connectivity index (χ1) is 6.27. The molecule has 2 fully saturated rings. The number of nitrogens with zero attached hydrogens (tertiary/aromatic N) is 1. The third kappa shape index (κ3) is 1.62. The molecule has 2 aliphatic rings. The maximum atomic E-state index is 3.53. The first-order valence-electron chi connectivity index (χ1n) is 5.63. The van der Waals surface area contributed by atoms with Crippen LogP contribution in [0.15, 0.2) is 0 Å². The minimum absolute atomic E-state index is 0.627. The molecule has 2 nitrogen and oxygen atoms in total. The van der Waals surface area contributed by atoms with E-state index in [0.717, 1.165) is 6.04 Å². The second-order valence-electron chi connectivity index (χ2n) is 4.94. The van der Waals surface area contributed by atoms with E-state index >= 15 is 0 Å². The van der Waals surface area contributed by atoms with Gasteiger partial charge in [-0.1, -0.05) is 12.8 Å². The molecule has 2 rings (SSSR count). The third-order valence-electron chi connectivity index (χ3n) is 4.07. The lowest BCUT2D eigenvalue weighted by Gasteiger charge is -2.45. The Kier molecular flexibility index (Phi) is 2.61. The standard InChI is InChI=1S/C11H22N2/c1-12-10-5-8-13(2)9-11(10)6-3-4-7-11/h10,12H,3-9H2,1-2H3. The average Bonchev–Trinajstić information content (AvgIpc) is 2.54. The van der Waals surface area contributed by atoms with Crippen molar-refractivity contribution in [3.63, 3.8) is 0 Å². The first kappa shape index (κ1) is 9.47. The Morgan fingerprint density at radius 3 is 2.62 bits per heavy atom. The molecule has 0 radical (unpaired) electrons. The van der Waals surface area contributed by atoms with E-state index in [-0.39, 0.29) is 0 Å². The predicted octanol–water partition coefficient (Wildman–Crippen LogP) is 1.47. The van der Waals surface area contributed by atoms with Crippen molar-refractivity contribution in [3.8, 4) is 0 Å². The van der Waals surface area contributed by atoms with Gasteiger partial charge in [-0.25, -0.2) is 0 Å². The lowest BCUT2D eigenvalue weighted by atomic mass is 9.74. The number of piperidine rings is 1. The number of rotatable bonds is 1. The van der Waals surface area contributed by atoms with Gasteiger partial charge < -0.3 is 10.2 Å². The fraction of sp³-hybridized carbons (Fsp3) is 1.00. The second kappa shape index (κ2) is 3.58. The molecule has 1 heterocycles. The van der Waals surface area contributed by atoms with Gasteiger partial charge in [-0.2, -0.15) is 0 Å². The molecule has 2 heteroatoms. The van der Waals surface area contributed by atoms with Gasteiger partial charge in [0, 0.05) is 12.6 Å². The van der Waals surface area contributed by atoms with Crippen molar-refractivity contribution in [3.05, 3.63) is 0 Å². The van der Waals surface area contributed by atoms with Crippen molar-refractivity contribution in [2.45, 2.75) is 38.1 Å². The van der Waals surface area contributed by atoms with Crippen molar-refractivity contribution >= 4 is 0 Å². The van der Waals surface area contributed by atoms with Crippen LogP contribution in [0.2, 0.25) is 0 Å². The molecule has 13 heavy (non-hydrogen) atoms. The lowest BCUT2D eigenvalue weighted by molar-refractivity contribution is 0.0741. The van der Waals surface area contributed by atoms with Gasteiger partial charge in [-0.05, 0) is 45.3 Å². The van der Waals surface area contributed by atoms with Crippen LogP contribution in [0.25, 0.3) is 0 Å². The molecule has 0 aromatic heterocycles. The van der Waals surface area contributed by atoms with Crippen LogP contribution in [0.4, 0.5) is 0 Å². The molecule has 0 bridgehead atoms. The normalized spacial score (nSPS) is 34.2. The third-order valence-corrected chi connectivity index (χ3v) is 4.07. The van der Waals surface area contributed by atoms with Crippen molar-refractivity contribution < 1.29 is 0 Å². The molecule has 1 N–H and O–H groups in total. The van der Waals surface area contributed by atoms with E-state index in [1.165, 1.54) is 45.2 Å². The quantitative estimate of drug-likeness (QED) is 0.660. The van der Waals surface area contributed by atoms with Crippen LogP contribution in [0, 0.1) is 5.41 Å². The van der Waals surface area contributed by atoms with E-state index in [2.05, 4.69) is 24.3 Å². The largest absolute Gasteiger partial charge is 0.316 e. The summed E-state index contributed by atoms with van der Waals surface area (Å²) in [5.74, 6) is 0. The molecule has 0 aromatic rings. The minimum Gasteiger partial charge on any atom is -0.316 e. The highest BCUT2D eigenvalue weighted by Gasteiger charge is 2.43. The SMILES string of the molecule is CNC1CCN(C)CC12CCCC2. The maximum absolute atomic E-state index is 3.53. The van der Waals surface area contributed by atoms with Crippen LogP contribution in [0.3, 0.4) is 0 Å². The van der Waals surface area contributed by atoms with Crippen LogP contribution in [-0.2, 0) is 0 Å². The Morgan fingerprint density at radius 2 is 2.00 bits per heavy atom. The van der Waals surface area contributed by atoms with E-state index < -0.39 is 0 Å². The van der Waals surface area contributed by atoms with Crippen LogP contribution in [0.1, 0.15) is 32.1 Å². The van der Waals surface area contributed by atoms with Gasteiger partial charge >= 0.3 is 0 Å². The zero-order valence-corrected chi connectivity index (χ0v) is 8.97. The number of hydrogen-bond donors (Lipinski definition) is 1. The van der Waals surface area contributed by atoms with E-state index in [9.17, 15) is 0 Å². The molecule has 1 spiro atoms. The summed E-state index contributed by atoms with van der Waals surface area (Å²) in [6, 6.07) is 0.784. The predicted molar refractivity (Wildman–Crippen MR) is 55.9 cm³/mol. The summed E-state index contributed by atoms with van der Waals surface area (Å²) < 4.78 is 0. The highest BCUT2D eigenvalue weighted by molar-refractivity contribution is 4.99. The van der Waals surface area contributed by atoms with Gasteiger partial charge in [0.15, 0.2) is 0 Å². The van der Waals surface area contributed by atoms with Crippen LogP contribution < -0.4 is 5.32 Å². The molecule has 76 valence electrons. The van der Waals surface area contributed by atoms with Crippen molar-refractivity contribution in [1.82, 2.24) is 10.2 Å². The topological polar surface area (TPSA) is 15.3 Å². The molecule has 0 amide bonds. The number of nitrogens with one attached hydrogen (secondary N) is 1. The summed E-state index contributed by atoms with van der Waals surface area (Å²) in [6.45, 7) is 2.59. The molecule has 1 aliphatic heterocycles. The number of likely N-dealkylation sites (tertiary alicyclic amines) is 1.